The molecule has 1 aromatic carbocycles. The van der Waals surface area contributed by atoms with Crippen LogP contribution in [0.15, 0.2) is 35.1 Å². The number of carbonyl (C=O) groups excluding carboxylic acids is 3. The van der Waals surface area contributed by atoms with Crippen molar-refractivity contribution in [3.63, 3.8) is 0 Å². The smallest absolute Gasteiger partial charge is 0.408 e. The van der Waals surface area contributed by atoms with Crippen molar-refractivity contribution < 1.29 is 28.6 Å². The highest BCUT2D eigenvalue weighted by atomic mass is 28.3. The second kappa shape index (κ2) is 10.6. The number of pyridine rings is 2. The van der Waals surface area contributed by atoms with Crippen LogP contribution >= 0.6 is 0 Å². The van der Waals surface area contributed by atoms with E-state index in [-0.39, 0.29) is 34.8 Å². The Morgan fingerprint density at radius 3 is 2.41 bits per heavy atom. The first-order valence-corrected chi connectivity index (χ1v) is 18.0. The number of hydrogen-bond donors (Lipinski definition) is 1. The molecule has 44 heavy (non-hydrogen) atoms. The lowest BCUT2D eigenvalue weighted by Gasteiger charge is -2.50. The van der Waals surface area contributed by atoms with Gasteiger partial charge < -0.3 is 24.1 Å². The molecular weight excluding hydrogens is 578 g/mol. The van der Waals surface area contributed by atoms with Gasteiger partial charge in [0.25, 0.3) is 5.56 Å². The number of ether oxygens (including phenoxy) is 3. The summed E-state index contributed by atoms with van der Waals surface area (Å²) in [6, 6.07) is 9.82. The van der Waals surface area contributed by atoms with Crippen LogP contribution in [0.5, 0.6) is 0 Å². The highest BCUT2D eigenvalue weighted by Gasteiger charge is 2.50. The number of rotatable bonds is 5. The minimum Gasteiger partial charge on any atom is -0.457 e. The number of para-hydroxylation sites is 1. The van der Waals surface area contributed by atoms with E-state index in [0.717, 1.165) is 16.5 Å². The molecular formula is C33H41N3O7Si-. The lowest BCUT2D eigenvalue weighted by molar-refractivity contribution is -0.188. The van der Waals surface area contributed by atoms with E-state index in [1.165, 1.54) is 5.19 Å². The molecule has 0 bridgehead atoms. The van der Waals surface area contributed by atoms with Crippen molar-refractivity contribution >= 4 is 42.2 Å². The summed E-state index contributed by atoms with van der Waals surface area (Å²) in [5, 5.41) is 4.74. The van der Waals surface area contributed by atoms with Gasteiger partial charge in [-0.1, -0.05) is 45.9 Å². The predicted octanol–water partition coefficient (Wildman–Crippen LogP) is 4.87. The van der Waals surface area contributed by atoms with Gasteiger partial charge in [-0.25, -0.2) is 14.6 Å². The molecule has 11 heteroatoms. The summed E-state index contributed by atoms with van der Waals surface area (Å²) in [4.78, 5) is 57.7. The zero-order chi connectivity index (χ0) is 32.4. The molecule has 0 unspecified atom stereocenters. The number of nitrogens with zero attached hydrogens (tertiary/aromatic N) is 2. The van der Waals surface area contributed by atoms with Crippen LogP contribution in [0.1, 0.15) is 71.6 Å². The standard InChI is InChI=1S/C33H41N3O7Si/c1-10-33(42-25(37)16-34-30(40)43-31(2,3)4)22-15-24-26-20(17-36(24)28(38)21(22)18-41-29(33)39)27(44(8,9)32(5,6)7)19-13-11-12-14-23(19)35-26/h11-15H,10,16-18H2,1-9H3,(H,34,40)/q-1/t33-/m0/s1. The van der Waals surface area contributed by atoms with Crippen molar-refractivity contribution in [1.29, 1.82) is 0 Å². The molecule has 5 rings (SSSR count). The number of amides is 1. The van der Waals surface area contributed by atoms with E-state index in [9.17, 15) is 19.2 Å². The van der Waals surface area contributed by atoms with Gasteiger partial charge in [-0.05, 0) is 50.3 Å². The van der Waals surface area contributed by atoms with Gasteiger partial charge in [0.1, 0.15) is 18.8 Å². The first-order valence-electron chi connectivity index (χ1n) is 15.0. The fourth-order valence-electron chi connectivity index (χ4n) is 5.96. The molecule has 2 aliphatic rings. The highest BCUT2D eigenvalue weighted by Crippen LogP contribution is 2.43. The molecule has 0 spiro atoms. The van der Waals surface area contributed by atoms with Crippen molar-refractivity contribution in [2.24, 2.45) is 0 Å². The van der Waals surface area contributed by atoms with Crippen LogP contribution in [-0.2, 0) is 42.6 Å². The normalized spacial score (nSPS) is 17.8. The second-order valence-corrected chi connectivity index (χ2v) is 19.4. The Balaban J connectivity index is 1.64. The van der Waals surface area contributed by atoms with E-state index in [4.69, 9.17) is 19.2 Å². The van der Waals surface area contributed by atoms with Crippen molar-refractivity contribution in [1.82, 2.24) is 14.9 Å². The van der Waals surface area contributed by atoms with Crippen LogP contribution in [0.3, 0.4) is 0 Å². The number of carbonyl (C=O) groups is 3. The number of esters is 2. The molecule has 4 heterocycles. The molecule has 0 aliphatic carbocycles. The number of benzene rings is 1. The maximum absolute atomic E-state index is 14.1. The maximum atomic E-state index is 14.1. The number of fused-ring (bicyclic) bond motifs is 5. The van der Waals surface area contributed by atoms with E-state index in [1.807, 2.05) is 18.2 Å². The van der Waals surface area contributed by atoms with Gasteiger partial charge in [-0.2, -0.15) is 18.3 Å². The van der Waals surface area contributed by atoms with Crippen LogP contribution in [0, 0.1) is 0 Å². The molecule has 0 saturated carbocycles. The van der Waals surface area contributed by atoms with Crippen molar-refractivity contribution in [2.75, 3.05) is 6.54 Å². The summed E-state index contributed by atoms with van der Waals surface area (Å²) < 4.78 is 18.1. The van der Waals surface area contributed by atoms with Gasteiger partial charge in [0, 0.05) is 5.56 Å². The summed E-state index contributed by atoms with van der Waals surface area (Å²) in [6.45, 7) is 17.9. The third-order valence-electron chi connectivity index (χ3n) is 9.13. The Labute approximate surface area is 258 Å². The largest absolute Gasteiger partial charge is 0.457 e. The summed E-state index contributed by atoms with van der Waals surface area (Å²) in [5.74, 6) is -1.64. The van der Waals surface area contributed by atoms with Gasteiger partial charge in [-0.3, -0.25) is 9.59 Å². The topological polar surface area (TPSA) is 126 Å². The van der Waals surface area contributed by atoms with Gasteiger partial charge >= 0.3 is 18.0 Å². The molecule has 1 amide bonds. The minimum atomic E-state index is -2.14. The van der Waals surface area contributed by atoms with Gasteiger partial charge in [0.2, 0.25) is 5.60 Å². The van der Waals surface area contributed by atoms with Gasteiger partial charge in [-0.15, -0.1) is 13.1 Å². The zero-order valence-corrected chi connectivity index (χ0v) is 28.0. The molecule has 0 saturated heterocycles. The summed E-state index contributed by atoms with van der Waals surface area (Å²) in [5.41, 5.74) is 0.742. The maximum Gasteiger partial charge on any atom is 0.408 e. The number of aromatic nitrogens is 2. The van der Waals surface area contributed by atoms with Crippen molar-refractivity contribution in [3.05, 3.63) is 57.4 Å². The van der Waals surface area contributed by atoms with E-state index in [2.05, 4.69) is 45.2 Å². The quantitative estimate of drug-likeness (QED) is 0.191. The molecule has 1 atom stereocenters. The van der Waals surface area contributed by atoms with E-state index >= 15 is 0 Å². The Morgan fingerprint density at radius 2 is 1.77 bits per heavy atom. The lowest BCUT2D eigenvalue weighted by atomic mass is 9.85. The molecule has 3 aromatic rings. The van der Waals surface area contributed by atoms with Crippen LogP contribution in [0.2, 0.25) is 18.1 Å². The van der Waals surface area contributed by atoms with Gasteiger partial charge in [0.15, 0.2) is 0 Å². The summed E-state index contributed by atoms with van der Waals surface area (Å²) in [6.07, 6.45) is -0.775. The Kier molecular flexibility index (Phi) is 7.55. The SMILES string of the molecule is CC[C@@]1(OC(=O)CNC(=O)OC(C)(C)C)C(=O)OCc2c1cc1n(c2=O)Cc2c-1nc1ccccc1c2[Si-](C)(C)C(C)(C)C. The number of alkyl carbamates (subject to hydrolysis) is 1. The molecule has 0 radical (unpaired) electrons. The fourth-order valence-corrected chi connectivity index (χ4v) is 8.55. The van der Waals surface area contributed by atoms with Gasteiger partial charge in [0.05, 0.1) is 29.0 Å². The summed E-state index contributed by atoms with van der Waals surface area (Å²) in [7, 11) is -2.14. The van der Waals surface area contributed by atoms with Crippen molar-refractivity contribution in [2.45, 2.75) is 97.4 Å². The lowest BCUT2D eigenvalue weighted by Crippen LogP contribution is -2.51. The third kappa shape index (κ3) is 5.10. The van der Waals surface area contributed by atoms with Crippen LogP contribution < -0.4 is 16.1 Å². The Morgan fingerprint density at radius 1 is 1.09 bits per heavy atom. The Hall–Kier alpha value is -3.99. The average Bonchev–Trinajstić information content (AvgIpc) is 3.29. The molecule has 2 aliphatic heterocycles. The van der Waals surface area contributed by atoms with Crippen LogP contribution in [0.4, 0.5) is 4.79 Å². The number of hydrogen-bond acceptors (Lipinski definition) is 8. The minimum absolute atomic E-state index is 0.0169. The highest BCUT2D eigenvalue weighted by molar-refractivity contribution is 6.94. The van der Waals surface area contributed by atoms with Crippen molar-refractivity contribution in [3.8, 4) is 11.4 Å². The van der Waals surface area contributed by atoms with Crippen LogP contribution in [0.25, 0.3) is 22.3 Å². The number of nitrogens with one attached hydrogen (secondary N) is 1. The first-order chi connectivity index (χ1) is 20.4. The molecule has 0 fully saturated rings. The first kappa shape index (κ1) is 31.4. The number of cyclic esters (lactones) is 1. The summed E-state index contributed by atoms with van der Waals surface area (Å²) >= 11 is 0. The third-order valence-corrected chi connectivity index (χ3v) is 14.7. The molecule has 235 valence electrons. The molecule has 10 nitrogen and oxygen atoms in total. The zero-order valence-electron chi connectivity index (χ0n) is 27.0. The Bertz CT molecular complexity index is 1760. The monoisotopic (exact) mass is 619 g/mol. The van der Waals surface area contributed by atoms with Crippen LogP contribution in [-0.4, -0.2) is 47.8 Å². The van der Waals surface area contributed by atoms with E-state index < -0.39 is 43.9 Å². The molecule has 2 aromatic heterocycles. The predicted molar refractivity (Wildman–Crippen MR) is 169 cm³/mol. The second-order valence-electron chi connectivity index (χ2n) is 14.1. The fraction of sp³-hybridized carbons (Fsp3) is 0.485. The van der Waals surface area contributed by atoms with E-state index in [0.29, 0.717) is 17.9 Å². The molecule has 1 N–H and O–H groups in total. The van der Waals surface area contributed by atoms with E-state index in [1.54, 1.807) is 38.3 Å². The average molecular weight is 620 g/mol.